The number of rotatable bonds is 6. The van der Waals surface area contributed by atoms with E-state index >= 15 is 0 Å². The van der Waals surface area contributed by atoms with Crippen molar-refractivity contribution in [3.05, 3.63) is 0 Å². The second-order valence-electron chi connectivity index (χ2n) is 6.05. The number of hydrogen-bond donors (Lipinski definition) is 1. The zero-order valence-corrected chi connectivity index (χ0v) is 11.9. The summed E-state index contributed by atoms with van der Waals surface area (Å²) in [5, 5.41) is 3.47. The first kappa shape index (κ1) is 14.9. The SMILES string of the molecule is COC1CCCC(OCCCNC(C)(C)C)C1. The van der Waals surface area contributed by atoms with Crippen LogP contribution in [-0.2, 0) is 9.47 Å². The summed E-state index contributed by atoms with van der Waals surface area (Å²) in [4.78, 5) is 0. The Kier molecular flexibility index (Phi) is 6.45. The van der Waals surface area contributed by atoms with Gasteiger partial charge in [0.25, 0.3) is 0 Å². The van der Waals surface area contributed by atoms with Gasteiger partial charge in [0.05, 0.1) is 12.2 Å². The normalized spacial score (nSPS) is 26.1. The summed E-state index contributed by atoms with van der Waals surface area (Å²) in [7, 11) is 1.81. The predicted octanol–water partition coefficient (Wildman–Crippen LogP) is 2.74. The first-order valence-electron chi connectivity index (χ1n) is 6.90. The van der Waals surface area contributed by atoms with Crippen LogP contribution in [0.25, 0.3) is 0 Å². The van der Waals surface area contributed by atoms with Gasteiger partial charge in [0.1, 0.15) is 0 Å². The molecule has 1 fully saturated rings. The van der Waals surface area contributed by atoms with Crippen molar-refractivity contribution < 1.29 is 9.47 Å². The first-order valence-corrected chi connectivity index (χ1v) is 6.90. The van der Waals surface area contributed by atoms with E-state index in [2.05, 4.69) is 26.1 Å². The molecule has 0 spiro atoms. The quantitative estimate of drug-likeness (QED) is 0.728. The molecule has 3 nitrogen and oxygen atoms in total. The van der Waals surface area contributed by atoms with E-state index in [1.165, 1.54) is 19.3 Å². The lowest BCUT2D eigenvalue weighted by molar-refractivity contribution is -0.0299. The summed E-state index contributed by atoms with van der Waals surface area (Å²) in [5.74, 6) is 0. The van der Waals surface area contributed by atoms with Crippen LogP contribution in [0.5, 0.6) is 0 Å². The highest BCUT2D eigenvalue weighted by Crippen LogP contribution is 2.22. The lowest BCUT2D eigenvalue weighted by Crippen LogP contribution is -2.37. The van der Waals surface area contributed by atoms with Crippen molar-refractivity contribution in [2.45, 2.75) is 70.6 Å². The zero-order chi connectivity index (χ0) is 12.7. The van der Waals surface area contributed by atoms with Crippen molar-refractivity contribution in [3.8, 4) is 0 Å². The summed E-state index contributed by atoms with van der Waals surface area (Å²) in [6.07, 6.45) is 6.64. The maximum absolute atomic E-state index is 5.91. The minimum absolute atomic E-state index is 0.214. The molecule has 0 aliphatic heterocycles. The molecule has 0 heterocycles. The predicted molar refractivity (Wildman–Crippen MR) is 71.4 cm³/mol. The lowest BCUT2D eigenvalue weighted by Gasteiger charge is -2.28. The van der Waals surface area contributed by atoms with Gasteiger partial charge < -0.3 is 14.8 Å². The Labute approximate surface area is 106 Å². The molecule has 1 rings (SSSR count). The summed E-state index contributed by atoms with van der Waals surface area (Å²) in [5.41, 5.74) is 0.214. The molecule has 1 aliphatic carbocycles. The minimum Gasteiger partial charge on any atom is -0.381 e. The highest BCUT2D eigenvalue weighted by molar-refractivity contribution is 4.74. The summed E-state index contributed by atoms with van der Waals surface area (Å²) < 4.78 is 11.3. The van der Waals surface area contributed by atoms with Gasteiger partial charge in [-0.15, -0.1) is 0 Å². The van der Waals surface area contributed by atoms with Crippen molar-refractivity contribution in [2.24, 2.45) is 0 Å². The van der Waals surface area contributed by atoms with Crippen molar-refractivity contribution in [2.75, 3.05) is 20.3 Å². The Hall–Kier alpha value is -0.120. The van der Waals surface area contributed by atoms with Crippen LogP contribution in [0.3, 0.4) is 0 Å². The van der Waals surface area contributed by atoms with Crippen molar-refractivity contribution in [3.63, 3.8) is 0 Å². The van der Waals surface area contributed by atoms with Gasteiger partial charge in [-0.3, -0.25) is 0 Å². The average molecular weight is 243 g/mol. The molecule has 1 N–H and O–H groups in total. The molecule has 3 heteroatoms. The number of hydrogen-bond acceptors (Lipinski definition) is 3. The molecule has 0 radical (unpaired) electrons. The monoisotopic (exact) mass is 243 g/mol. The molecule has 102 valence electrons. The maximum atomic E-state index is 5.91. The van der Waals surface area contributed by atoms with Crippen molar-refractivity contribution in [1.29, 1.82) is 0 Å². The van der Waals surface area contributed by atoms with E-state index in [9.17, 15) is 0 Å². The number of nitrogens with one attached hydrogen (secondary N) is 1. The molecule has 0 aromatic carbocycles. The lowest BCUT2D eigenvalue weighted by atomic mass is 9.95. The molecule has 0 amide bonds. The maximum Gasteiger partial charge on any atom is 0.0599 e. The number of methoxy groups -OCH3 is 1. The van der Waals surface area contributed by atoms with E-state index < -0.39 is 0 Å². The van der Waals surface area contributed by atoms with Gasteiger partial charge in [0.2, 0.25) is 0 Å². The largest absolute Gasteiger partial charge is 0.381 e. The molecule has 0 saturated heterocycles. The third-order valence-electron chi connectivity index (χ3n) is 3.24. The van der Waals surface area contributed by atoms with Gasteiger partial charge >= 0.3 is 0 Å². The Balaban J connectivity index is 2.02. The van der Waals surface area contributed by atoms with Gasteiger partial charge in [-0.1, -0.05) is 0 Å². The zero-order valence-electron chi connectivity index (χ0n) is 11.9. The molecule has 1 aliphatic rings. The van der Waals surface area contributed by atoms with Crippen LogP contribution in [0, 0.1) is 0 Å². The fourth-order valence-electron chi connectivity index (χ4n) is 2.25. The van der Waals surface area contributed by atoms with E-state index in [1.54, 1.807) is 7.11 Å². The molecule has 1 saturated carbocycles. The smallest absolute Gasteiger partial charge is 0.0599 e. The van der Waals surface area contributed by atoms with E-state index in [1.807, 2.05) is 0 Å². The van der Waals surface area contributed by atoms with Crippen LogP contribution in [-0.4, -0.2) is 38.0 Å². The summed E-state index contributed by atoms with van der Waals surface area (Å²) in [6.45, 7) is 8.47. The van der Waals surface area contributed by atoms with E-state index in [0.29, 0.717) is 12.2 Å². The Bertz CT molecular complexity index is 201. The minimum atomic E-state index is 0.214. The molecule has 2 unspecified atom stereocenters. The fourth-order valence-corrected chi connectivity index (χ4v) is 2.25. The molecule has 2 atom stereocenters. The molecule has 17 heavy (non-hydrogen) atoms. The number of ether oxygens (including phenoxy) is 2. The van der Waals surface area contributed by atoms with Gasteiger partial charge in [0.15, 0.2) is 0 Å². The van der Waals surface area contributed by atoms with Gasteiger partial charge in [-0.05, 0) is 59.4 Å². The molecular formula is C14H29NO2. The van der Waals surface area contributed by atoms with Crippen LogP contribution in [0.15, 0.2) is 0 Å². The molecule has 0 aromatic rings. The van der Waals surface area contributed by atoms with E-state index in [-0.39, 0.29) is 5.54 Å². The summed E-state index contributed by atoms with van der Waals surface area (Å²) in [6, 6.07) is 0. The van der Waals surface area contributed by atoms with Gasteiger partial charge in [-0.2, -0.15) is 0 Å². The highest BCUT2D eigenvalue weighted by atomic mass is 16.5. The third kappa shape index (κ3) is 7.02. The molecule has 0 aromatic heterocycles. The van der Waals surface area contributed by atoms with Crippen LogP contribution < -0.4 is 5.32 Å². The van der Waals surface area contributed by atoms with Crippen LogP contribution in [0.4, 0.5) is 0 Å². The Morgan fingerprint density at radius 3 is 2.53 bits per heavy atom. The van der Waals surface area contributed by atoms with Crippen LogP contribution in [0.1, 0.15) is 52.9 Å². The Morgan fingerprint density at radius 1 is 1.18 bits per heavy atom. The fraction of sp³-hybridized carbons (Fsp3) is 1.00. The molecule has 0 bridgehead atoms. The van der Waals surface area contributed by atoms with Gasteiger partial charge in [0, 0.05) is 19.3 Å². The first-order chi connectivity index (χ1) is 8.01. The standard InChI is InChI=1S/C14H29NO2/c1-14(2,3)15-9-6-10-17-13-8-5-7-12(11-13)16-4/h12-13,15H,5-11H2,1-4H3. The molecular weight excluding hydrogens is 214 g/mol. The van der Waals surface area contributed by atoms with Crippen LogP contribution in [0.2, 0.25) is 0 Å². The van der Waals surface area contributed by atoms with Crippen molar-refractivity contribution >= 4 is 0 Å². The topological polar surface area (TPSA) is 30.5 Å². The van der Waals surface area contributed by atoms with E-state index in [4.69, 9.17) is 9.47 Å². The van der Waals surface area contributed by atoms with E-state index in [0.717, 1.165) is 26.0 Å². The van der Waals surface area contributed by atoms with Crippen molar-refractivity contribution in [1.82, 2.24) is 5.32 Å². The Morgan fingerprint density at radius 2 is 1.88 bits per heavy atom. The third-order valence-corrected chi connectivity index (χ3v) is 3.24. The summed E-state index contributed by atoms with van der Waals surface area (Å²) >= 11 is 0. The highest BCUT2D eigenvalue weighted by Gasteiger charge is 2.21. The average Bonchev–Trinajstić information content (AvgIpc) is 2.27. The van der Waals surface area contributed by atoms with Crippen LogP contribution >= 0.6 is 0 Å². The van der Waals surface area contributed by atoms with Gasteiger partial charge in [-0.25, -0.2) is 0 Å². The second-order valence-corrected chi connectivity index (χ2v) is 6.05. The second kappa shape index (κ2) is 7.34.